The molecule has 0 saturated heterocycles. The summed E-state index contributed by atoms with van der Waals surface area (Å²) < 4.78 is 0. The largest absolute Gasteiger partial charge is 0.0744 e. The molecule has 0 unspecified atom stereocenters. The van der Waals surface area contributed by atoms with Crippen LogP contribution in [0.1, 0.15) is 59.8 Å². The highest BCUT2D eigenvalue weighted by Crippen LogP contribution is 2.22. The van der Waals surface area contributed by atoms with Crippen LogP contribution in [0.2, 0.25) is 0 Å². The van der Waals surface area contributed by atoms with Crippen LogP contribution in [0.4, 0.5) is 0 Å². The fourth-order valence-electron chi connectivity index (χ4n) is 1.38. The molecule has 0 radical (unpaired) electrons. The van der Waals surface area contributed by atoms with Crippen LogP contribution in [0.15, 0.2) is 11.1 Å². The summed E-state index contributed by atoms with van der Waals surface area (Å²) in [6.07, 6.45) is 6.98. The van der Waals surface area contributed by atoms with Crippen LogP contribution in [0.5, 0.6) is 0 Å². The maximum atomic E-state index is 2.28. The topological polar surface area (TPSA) is 0 Å². The van der Waals surface area contributed by atoms with Crippen LogP contribution in [0.3, 0.4) is 0 Å². The highest BCUT2D eigenvalue weighted by atomic mass is 14.1. The maximum absolute atomic E-state index is 2.28. The van der Waals surface area contributed by atoms with Crippen LogP contribution in [-0.4, -0.2) is 0 Å². The summed E-state index contributed by atoms with van der Waals surface area (Å²) in [7, 11) is 0. The van der Waals surface area contributed by atoms with Gasteiger partial charge in [-0.15, -0.1) is 0 Å². The monoisotopic (exact) mass is 154 g/mol. The van der Waals surface area contributed by atoms with Crippen molar-refractivity contribution in [2.24, 2.45) is 0 Å². The zero-order chi connectivity index (χ0) is 8.69. The first-order valence-electron chi connectivity index (χ1n) is 4.96. The second-order valence-corrected chi connectivity index (χ2v) is 3.12. The van der Waals surface area contributed by atoms with E-state index >= 15 is 0 Å². The molecule has 0 nitrogen and oxygen atoms in total. The van der Waals surface area contributed by atoms with Crippen molar-refractivity contribution < 1.29 is 0 Å². The molecule has 0 atom stereocenters. The van der Waals surface area contributed by atoms with E-state index in [1.165, 1.54) is 32.1 Å². The minimum atomic E-state index is 1.35. The minimum Gasteiger partial charge on any atom is -0.0744 e. The third-order valence-corrected chi connectivity index (χ3v) is 2.33. The first-order chi connectivity index (χ1) is 5.30. The van der Waals surface area contributed by atoms with E-state index in [1.54, 1.807) is 11.1 Å². The van der Waals surface area contributed by atoms with Crippen molar-refractivity contribution in [2.45, 2.75) is 59.8 Å². The molecule has 1 aliphatic carbocycles. The van der Waals surface area contributed by atoms with Crippen LogP contribution >= 0.6 is 0 Å². The van der Waals surface area contributed by atoms with Crippen molar-refractivity contribution in [3.63, 3.8) is 0 Å². The van der Waals surface area contributed by atoms with Gasteiger partial charge in [0, 0.05) is 0 Å². The summed E-state index contributed by atoms with van der Waals surface area (Å²) in [4.78, 5) is 0. The Labute approximate surface area is 71.7 Å². The highest BCUT2D eigenvalue weighted by Gasteiger charge is 2.02. The van der Waals surface area contributed by atoms with E-state index in [1.807, 2.05) is 13.8 Å². The molecule has 0 N–H and O–H groups in total. The van der Waals surface area contributed by atoms with Crippen molar-refractivity contribution in [1.82, 2.24) is 0 Å². The van der Waals surface area contributed by atoms with Gasteiger partial charge in [-0.05, 0) is 39.5 Å². The van der Waals surface area contributed by atoms with E-state index in [4.69, 9.17) is 0 Å². The standard InChI is InChI=1S/C9H16.C2H6/c1-8-6-4-3-5-7-9(8)2;1-2/h3-7H2,1-2H3;1-2H3. The molecule has 0 spiro atoms. The molecule has 0 aromatic heterocycles. The van der Waals surface area contributed by atoms with Gasteiger partial charge in [0.05, 0.1) is 0 Å². The Hall–Kier alpha value is -0.260. The first kappa shape index (κ1) is 10.7. The van der Waals surface area contributed by atoms with E-state index in [9.17, 15) is 0 Å². The van der Waals surface area contributed by atoms with Crippen molar-refractivity contribution in [3.8, 4) is 0 Å². The Kier molecular flexibility index (Phi) is 6.30. The Morgan fingerprint density at radius 3 is 1.45 bits per heavy atom. The zero-order valence-corrected chi connectivity index (χ0v) is 8.54. The minimum absolute atomic E-state index is 1.35. The molecule has 0 fully saturated rings. The van der Waals surface area contributed by atoms with Crippen LogP contribution in [0.25, 0.3) is 0 Å². The van der Waals surface area contributed by atoms with E-state index in [-0.39, 0.29) is 0 Å². The fourth-order valence-corrected chi connectivity index (χ4v) is 1.38. The first-order valence-corrected chi connectivity index (χ1v) is 4.96. The lowest BCUT2D eigenvalue weighted by atomic mass is 10.1. The predicted octanol–water partition coefficient (Wildman–Crippen LogP) is 4.31. The second-order valence-electron chi connectivity index (χ2n) is 3.12. The van der Waals surface area contributed by atoms with Crippen molar-refractivity contribution in [2.75, 3.05) is 0 Å². The zero-order valence-electron chi connectivity index (χ0n) is 8.54. The van der Waals surface area contributed by atoms with Gasteiger partial charge in [0.25, 0.3) is 0 Å². The molecule has 1 rings (SSSR count). The Morgan fingerprint density at radius 1 is 0.727 bits per heavy atom. The summed E-state index contributed by atoms with van der Waals surface area (Å²) in [5.74, 6) is 0. The van der Waals surface area contributed by atoms with Gasteiger partial charge in [-0.1, -0.05) is 31.4 Å². The van der Waals surface area contributed by atoms with Gasteiger partial charge >= 0.3 is 0 Å². The average Bonchev–Trinajstić information content (AvgIpc) is 2.22. The fraction of sp³-hybridized carbons (Fsp3) is 0.818. The molecule has 0 aromatic carbocycles. The normalized spacial score (nSPS) is 18.5. The number of hydrogen-bond donors (Lipinski definition) is 0. The third-order valence-electron chi connectivity index (χ3n) is 2.33. The summed E-state index contributed by atoms with van der Waals surface area (Å²) in [5.41, 5.74) is 3.29. The molecule has 0 saturated carbocycles. The number of allylic oxidation sites excluding steroid dienone is 2. The lowest BCUT2D eigenvalue weighted by molar-refractivity contribution is 0.706. The van der Waals surface area contributed by atoms with E-state index in [2.05, 4.69) is 13.8 Å². The van der Waals surface area contributed by atoms with Crippen LogP contribution in [-0.2, 0) is 0 Å². The van der Waals surface area contributed by atoms with Gasteiger partial charge in [0.2, 0.25) is 0 Å². The van der Waals surface area contributed by atoms with Crippen LogP contribution < -0.4 is 0 Å². The van der Waals surface area contributed by atoms with Gasteiger partial charge in [0.1, 0.15) is 0 Å². The third kappa shape index (κ3) is 4.23. The highest BCUT2D eigenvalue weighted by molar-refractivity contribution is 5.10. The summed E-state index contributed by atoms with van der Waals surface area (Å²) in [6, 6.07) is 0. The quantitative estimate of drug-likeness (QED) is 0.456. The lowest BCUT2D eigenvalue weighted by Crippen LogP contribution is -1.78. The van der Waals surface area contributed by atoms with Gasteiger partial charge in [-0.2, -0.15) is 0 Å². The average molecular weight is 154 g/mol. The summed E-state index contributed by atoms with van der Waals surface area (Å²) >= 11 is 0. The molecule has 1 aliphatic rings. The predicted molar refractivity (Wildman–Crippen MR) is 52.8 cm³/mol. The molecule has 66 valence electrons. The van der Waals surface area contributed by atoms with Gasteiger partial charge in [0.15, 0.2) is 0 Å². The maximum Gasteiger partial charge on any atom is -0.0320 e. The molecule has 0 amide bonds. The molecule has 0 heteroatoms. The van der Waals surface area contributed by atoms with E-state index < -0.39 is 0 Å². The molecule has 11 heavy (non-hydrogen) atoms. The van der Waals surface area contributed by atoms with Crippen LogP contribution in [0, 0.1) is 0 Å². The van der Waals surface area contributed by atoms with Gasteiger partial charge in [-0.25, -0.2) is 0 Å². The lowest BCUT2D eigenvalue weighted by Gasteiger charge is -1.99. The Bertz CT molecular complexity index is 106. The molecule has 0 heterocycles. The number of hydrogen-bond acceptors (Lipinski definition) is 0. The van der Waals surface area contributed by atoms with Crippen molar-refractivity contribution >= 4 is 0 Å². The smallest absolute Gasteiger partial charge is 0.0320 e. The van der Waals surface area contributed by atoms with Gasteiger partial charge < -0.3 is 0 Å². The van der Waals surface area contributed by atoms with Gasteiger partial charge in [-0.3, -0.25) is 0 Å². The number of rotatable bonds is 0. The molecule has 0 aromatic rings. The molecular weight excluding hydrogens is 132 g/mol. The molecule has 0 bridgehead atoms. The molecule has 0 aliphatic heterocycles. The summed E-state index contributed by atoms with van der Waals surface area (Å²) in [6.45, 7) is 8.56. The Balaban J connectivity index is 0.000000461. The SMILES string of the molecule is CC.CC1=C(C)CCCCC1. The van der Waals surface area contributed by atoms with Crippen molar-refractivity contribution in [3.05, 3.63) is 11.1 Å². The summed E-state index contributed by atoms with van der Waals surface area (Å²) in [5, 5.41) is 0. The Morgan fingerprint density at radius 2 is 1.09 bits per heavy atom. The molecular formula is C11H22. The van der Waals surface area contributed by atoms with E-state index in [0.717, 1.165) is 0 Å². The van der Waals surface area contributed by atoms with E-state index in [0.29, 0.717) is 0 Å². The second kappa shape index (κ2) is 6.45. The van der Waals surface area contributed by atoms with Crippen molar-refractivity contribution in [1.29, 1.82) is 0 Å².